The number of non-ortho nitro benzene ring substituents is 1. The molecule has 1 aliphatic carbocycles. The quantitative estimate of drug-likeness (QED) is 0.640. The molecule has 4 rings (SSSR count). The van der Waals surface area contributed by atoms with Crippen molar-refractivity contribution in [3.05, 3.63) is 69.8 Å². The summed E-state index contributed by atoms with van der Waals surface area (Å²) in [7, 11) is 0. The van der Waals surface area contributed by atoms with E-state index in [2.05, 4.69) is 0 Å². The van der Waals surface area contributed by atoms with Crippen LogP contribution in [0.4, 0.5) is 11.4 Å². The predicted molar refractivity (Wildman–Crippen MR) is 91.1 cm³/mol. The molecular formula is C19H18N2O3. The molecule has 2 aromatic rings. The molecule has 0 radical (unpaired) electrons. The van der Waals surface area contributed by atoms with Gasteiger partial charge < -0.3 is 4.90 Å². The molecule has 0 spiro atoms. The number of nitrogens with zero attached hydrogens (tertiary/aromatic N) is 2. The Morgan fingerprint density at radius 3 is 2.50 bits per heavy atom. The number of carbonyl (C=O) groups is 1. The monoisotopic (exact) mass is 322 g/mol. The highest BCUT2D eigenvalue weighted by atomic mass is 16.6. The van der Waals surface area contributed by atoms with Crippen LogP contribution in [0.25, 0.3) is 0 Å². The highest BCUT2D eigenvalue weighted by Crippen LogP contribution is 2.47. The number of fused-ring (bicyclic) bond motifs is 1. The van der Waals surface area contributed by atoms with Crippen molar-refractivity contribution in [1.82, 2.24) is 0 Å². The molecule has 1 heterocycles. The Labute approximate surface area is 140 Å². The van der Waals surface area contributed by atoms with Gasteiger partial charge in [-0.1, -0.05) is 42.8 Å². The van der Waals surface area contributed by atoms with Gasteiger partial charge in [0.1, 0.15) is 0 Å². The predicted octanol–water partition coefficient (Wildman–Crippen LogP) is 3.61. The van der Waals surface area contributed by atoms with Gasteiger partial charge in [0.2, 0.25) is 5.91 Å². The summed E-state index contributed by atoms with van der Waals surface area (Å²) in [4.78, 5) is 25.8. The van der Waals surface area contributed by atoms with Crippen LogP contribution in [0.1, 0.15) is 30.4 Å². The number of hydrogen-bond donors (Lipinski definition) is 0. The largest absolute Gasteiger partial charge is 0.311 e. The van der Waals surface area contributed by atoms with E-state index in [1.807, 2.05) is 30.3 Å². The summed E-state index contributed by atoms with van der Waals surface area (Å²) in [6.07, 6.45) is 3.48. The van der Waals surface area contributed by atoms with Crippen LogP contribution >= 0.6 is 0 Å². The van der Waals surface area contributed by atoms with Gasteiger partial charge in [0.25, 0.3) is 5.69 Å². The molecule has 0 bridgehead atoms. The van der Waals surface area contributed by atoms with Crippen LogP contribution in [0, 0.1) is 10.1 Å². The van der Waals surface area contributed by atoms with E-state index in [0.717, 1.165) is 36.8 Å². The van der Waals surface area contributed by atoms with E-state index in [-0.39, 0.29) is 11.6 Å². The molecule has 122 valence electrons. The third-order valence-corrected chi connectivity index (χ3v) is 5.36. The molecule has 0 saturated heterocycles. The highest BCUT2D eigenvalue weighted by molar-refractivity contribution is 6.03. The molecule has 5 heteroatoms. The molecule has 5 nitrogen and oxygen atoms in total. The van der Waals surface area contributed by atoms with Crippen LogP contribution in [0.5, 0.6) is 0 Å². The number of rotatable bonds is 3. The summed E-state index contributed by atoms with van der Waals surface area (Å²) in [6.45, 7) is 0.601. The van der Waals surface area contributed by atoms with Crippen molar-refractivity contribution in [2.75, 3.05) is 11.4 Å². The fraction of sp³-hybridized carbons (Fsp3) is 0.316. The second-order valence-corrected chi connectivity index (χ2v) is 6.58. The number of anilines is 1. The van der Waals surface area contributed by atoms with Gasteiger partial charge in [-0.05, 0) is 30.4 Å². The Bertz CT molecular complexity index is 813. The average Bonchev–Trinajstić information content (AvgIpc) is 2.97. The second-order valence-electron chi connectivity index (χ2n) is 6.58. The van der Waals surface area contributed by atoms with Crippen molar-refractivity contribution in [3.8, 4) is 0 Å². The molecule has 0 unspecified atom stereocenters. The minimum atomic E-state index is -0.465. The minimum absolute atomic E-state index is 0.0378. The number of benzene rings is 2. The first-order chi connectivity index (χ1) is 11.6. The third-order valence-electron chi connectivity index (χ3n) is 5.36. The molecule has 1 amide bonds. The van der Waals surface area contributed by atoms with Gasteiger partial charge in [0, 0.05) is 18.7 Å². The highest BCUT2D eigenvalue weighted by Gasteiger charge is 2.48. The van der Waals surface area contributed by atoms with Crippen LogP contribution in [0.3, 0.4) is 0 Å². The standard InChI is InChI=1S/C19H18N2O3/c22-18(19(10-4-11-19)15-5-2-1-3-6-15)20-12-9-14-7-8-16(21(23)24)13-17(14)20/h1-3,5-8,13H,4,9-12H2. The van der Waals surface area contributed by atoms with Crippen molar-refractivity contribution in [1.29, 1.82) is 0 Å². The maximum Gasteiger partial charge on any atom is 0.271 e. The van der Waals surface area contributed by atoms with Crippen molar-refractivity contribution in [3.63, 3.8) is 0 Å². The Balaban J connectivity index is 1.72. The lowest BCUT2D eigenvalue weighted by molar-refractivity contribution is -0.384. The van der Waals surface area contributed by atoms with Crippen LogP contribution in [0.15, 0.2) is 48.5 Å². The molecule has 2 aromatic carbocycles. The van der Waals surface area contributed by atoms with E-state index in [1.54, 1.807) is 11.0 Å². The van der Waals surface area contributed by atoms with Crippen LogP contribution in [-0.2, 0) is 16.6 Å². The Morgan fingerprint density at radius 2 is 1.88 bits per heavy atom. The zero-order valence-electron chi connectivity index (χ0n) is 13.3. The fourth-order valence-electron chi connectivity index (χ4n) is 3.86. The molecule has 1 aliphatic heterocycles. The first kappa shape index (κ1) is 14.9. The minimum Gasteiger partial charge on any atom is -0.311 e. The molecule has 0 aromatic heterocycles. The molecule has 0 N–H and O–H groups in total. The number of carbonyl (C=O) groups excluding carboxylic acids is 1. The molecule has 1 saturated carbocycles. The van der Waals surface area contributed by atoms with E-state index in [0.29, 0.717) is 12.2 Å². The van der Waals surface area contributed by atoms with Gasteiger partial charge >= 0.3 is 0 Å². The van der Waals surface area contributed by atoms with Crippen molar-refractivity contribution in [2.24, 2.45) is 0 Å². The summed E-state index contributed by atoms with van der Waals surface area (Å²) in [5.74, 6) is 0.0826. The molecular weight excluding hydrogens is 304 g/mol. The molecule has 0 atom stereocenters. The van der Waals surface area contributed by atoms with Gasteiger partial charge in [-0.15, -0.1) is 0 Å². The summed E-state index contributed by atoms with van der Waals surface area (Å²) >= 11 is 0. The number of nitro benzene ring substituents is 1. The van der Waals surface area contributed by atoms with Gasteiger partial charge in [-0.3, -0.25) is 14.9 Å². The number of hydrogen-bond acceptors (Lipinski definition) is 3. The summed E-state index contributed by atoms with van der Waals surface area (Å²) in [5, 5.41) is 11.1. The maximum absolute atomic E-state index is 13.3. The van der Waals surface area contributed by atoms with Crippen LogP contribution in [0.2, 0.25) is 0 Å². The Kier molecular flexibility index (Phi) is 3.37. The van der Waals surface area contributed by atoms with Crippen molar-refractivity contribution in [2.45, 2.75) is 31.1 Å². The van der Waals surface area contributed by atoms with Gasteiger partial charge in [0.15, 0.2) is 0 Å². The zero-order valence-corrected chi connectivity index (χ0v) is 13.3. The number of nitro groups is 1. The Morgan fingerprint density at radius 1 is 1.12 bits per heavy atom. The summed E-state index contributed by atoms with van der Waals surface area (Å²) < 4.78 is 0. The topological polar surface area (TPSA) is 63.5 Å². The van der Waals surface area contributed by atoms with E-state index in [1.165, 1.54) is 12.1 Å². The average molecular weight is 322 g/mol. The smallest absolute Gasteiger partial charge is 0.271 e. The molecule has 24 heavy (non-hydrogen) atoms. The lowest BCUT2D eigenvalue weighted by atomic mass is 9.63. The van der Waals surface area contributed by atoms with Gasteiger partial charge in [-0.25, -0.2) is 0 Å². The lowest BCUT2D eigenvalue weighted by Gasteiger charge is -2.43. The Hall–Kier alpha value is -2.69. The summed E-state index contributed by atoms with van der Waals surface area (Å²) in [5.41, 5.74) is 2.34. The van der Waals surface area contributed by atoms with Gasteiger partial charge in [0.05, 0.1) is 16.0 Å². The first-order valence-corrected chi connectivity index (χ1v) is 8.27. The maximum atomic E-state index is 13.3. The van der Waals surface area contributed by atoms with E-state index < -0.39 is 10.3 Å². The number of amides is 1. The van der Waals surface area contributed by atoms with Crippen LogP contribution < -0.4 is 4.90 Å². The lowest BCUT2D eigenvalue weighted by Crippen LogP contribution is -2.50. The van der Waals surface area contributed by atoms with E-state index >= 15 is 0 Å². The van der Waals surface area contributed by atoms with Gasteiger partial charge in [-0.2, -0.15) is 0 Å². The zero-order chi connectivity index (χ0) is 16.7. The summed E-state index contributed by atoms with van der Waals surface area (Å²) in [6, 6.07) is 14.7. The van der Waals surface area contributed by atoms with Crippen LogP contribution in [-0.4, -0.2) is 17.4 Å². The molecule has 1 fully saturated rings. The van der Waals surface area contributed by atoms with Crippen molar-refractivity contribution >= 4 is 17.3 Å². The second kappa shape index (κ2) is 5.44. The first-order valence-electron chi connectivity index (χ1n) is 8.27. The normalized spacial score (nSPS) is 17.9. The SMILES string of the molecule is O=C(N1CCc2ccc([N+](=O)[O-])cc21)C1(c2ccccc2)CCC1. The van der Waals surface area contributed by atoms with Crippen molar-refractivity contribution < 1.29 is 9.72 Å². The van der Waals surface area contributed by atoms with E-state index in [9.17, 15) is 14.9 Å². The van der Waals surface area contributed by atoms with E-state index in [4.69, 9.17) is 0 Å². The molecule has 2 aliphatic rings. The third kappa shape index (κ3) is 2.12. The fourth-order valence-corrected chi connectivity index (χ4v) is 3.86.